The first-order valence-electron chi connectivity index (χ1n) is 6.70. The summed E-state index contributed by atoms with van der Waals surface area (Å²) in [5.41, 5.74) is 1.01. The highest BCUT2D eigenvalue weighted by molar-refractivity contribution is 5.34. The zero-order valence-electron chi connectivity index (χ0n) is 10.8. The van der Waals surface area contributed by atoms with Crippen molar-refractivity contribution in [3.05, 3.63) is 29.8 Å². The number of hydrogen-bond acceptors (Lipinski definition) is 2. The predicted molar refractivity (Wildman–Crippen MR) is 71.1 cm³/mol. The van der Waals surface area contributed by atoms with Gasteiger partial charge in [-0.25, -0.2) is 0 Å². The molecule has 94 valence electrons. The van der Waals surface area contributed by atoms with Crippen LogP contribution >= 0.6 is 0 Å². The van der Waals surface area contributed by atoms with Crippen LogP contribution in [-0.2, 0) is 0 Å². The minimum Gasteiger partial charge on any atom is -0.508 e. The third kappa shape index (κ3) is 3.22. The van der Waals surface area contributed by atoms with Gasteiger partial charge in [-0.3, -0.25) is 0 Å². The Morgan fingerprint density at radius 2 is 2.06 bits per heavy atom. The van der Waals surface area contributed by atoms with Gasteiger partial charge >= 0.3 is 0 Å². The summed E-state index contributed by atoms with van der Waals surface area (Å²) in [4.78, 5) is 0. The molecule has 3 unspecified atom stereocenters. The van der Waals surface area contributed by atoms with Crippen molar-refractivity contribution in [2.75, 3.05) is 0 Å². The van der Waals surface area contributed by atoms with E-state index in [1.807, 2.05) is 18.2 Å². The van der Waals surface area contributed by atoms with E-state index in [9.17, 15) is 5.11 Å². The molecule has 0 bridgehead atoms. The molecule has 0 amide bonds. The lowest BCUT2D eigenvalue weighted by Crippen LogP contribution is -2.35. The van der Waals surface area contributed by atoms with Crippen molar-refractivity contribution in [3.63, 3.8) is 0 Å². The topological polar surface area (TPSA) is 32.3 Å². The number of nitrogens with one attached hydrogen (secondary N) is 1. The maximum absolute atomic E-state index is 9.82. The Morgan fingerprint density at radius 1 is 1.29 bits per heavy atom. The highest BCUT2D eigenvalue weighted by Crippen LogP contribution is 2.28. The molecule has 17 heavy (non-hydrogen) atoms. The summed E-state index contributed by atoms with van der Waals surface area (Å²) in [5.74, 6) is 1.23. The lowest BCUT2D eigenvalue weighted by Gasteiger charge is -2.30. The van der Waals surface area contributed by atoms with Gasteiger partial charge in [0.05, 0.1) is 0 Å². The van der Waals surface area contributed by atoms with E-state index in [4.69, 9.17) is 0 Å². The van der Waals surface area contributed by atoms with Crippen LogP contribution in [0.25, 0.3) is 0 Å². The normalized spacial score (nSPS) is 26.7. The molecule has 1 aliphatic carbocycles. The Morgan fingerprint density at radius 3 is 2.76 bits per heavy atom. The Balaban J connectivity index is 1.97. The molecule has 1 aliphatic rings. The molecule has 1 aromatic carbocycles. The number of aromatic hydroxyl groups is 1. The smallest absolute Gasteiger partial charge is 0.120 e. The lowest BCUT2D eigenvalue weighted by atomic mass is 9.86. The fraction of sp³-hybridized carbons (Fsp3) is 0.600. The van der Waals surface area contributed by atoms with Crippen LogP contribution < -0.4 is 5.32 Å². The summed E-state index contributed by atoms with van der Waals surface area (Å²) in [6.07, 6.45) is 5.22. The number of benzene rings is 1. The Hall–Kier alpha value is -1.02. The molecule has 0 heterocycles. The molecule has 0 radical (unpaired) electrons. The van der Waals surface area contributed by atoms with Crippen LogP contribution in [0.15, 0.2) is 24.3 Å². The van der Waals surface area contributed by atoms with Crippen LogP contribution in [0.3, 0.4) is 0 Å². The van der Waals surface area contributed by atoms with Crippen molar-refractivity contribution in [1.29, 1.82) is 0 Å². The van der Waals surface area contributed by atoms with Crippen molar-refractivity contribution in [2.45, 2.75) is 51.6 Å². The first-order chi connectivity index (χ1) is 8.16. The first-order valence-corrected chi connectivity index (χ1v) is 6.70. The lowest BCUT2D eigenvalue weighted by molar-refractivity contribution is 0.284. The van der Waals surface area contributed by atoms with Crippen molar-refractivity contribution in [3.8, 4) is 5.75 Å². The fourth-order valence-electron chi connectivity index (χ4n) is 2.88. The van der Waals surface area contributed by atoms with Crippen molar-refractivity contribution < 1.29 is 5.11 Å². The van der Waals surface area contributed by atoms with Crippen LogP contribution in [0.1, 0.15) is 51.1 Å². The molecule has 3 atom stereocenters. The molecule has 2 N–H and O–H groups in total. The minimum atomic E-state index is 0.228. The third-order valence-electron chi connectivity index (χ3n) is 3.83. The minimum absolute atomic E-state index is 0.228. The molecule has 1 aromatic rings. The third-order valence-corrected chi connectivity index (χ3v) is 3.83. The van der Waals surface area contributed by atoms with E-state index in [0.29, 0.717) is 11.8 Å². The van der Waals surface area contributed by atoms with Crippen LogP contribution in [-0.4, -0.2) is 11.1 Å². The molecule has 0 spiro atoms. The Kier molecular flexibility index (Phi) is 4.06. The average Bonchev–Trinajstić information content (AvgIpc) is 2.29. The summed E-state index contributed by atoms with van der Waals surface area (Å²) >= 11 is 0. The second-order valence-electron chi connectivity index (χ2n) is 5.42. The molecule has 1 saturated carbocycles. The summed E-state index contributed by atoms with van der Waals surface area (Å²) in [6, 6.07) is 8.45. The van der Waals surface area contributed by atoms with Crippen molar-refractivity contribution in [1.82, 2.24) is 5.32 Å². The summed E-state index contributed by atoms with van der Waals surface area (Å²) in [5, 5.41) is 13.5. The van der Waals surface area contributed by atoms with Crippen molar-refractivity contribution in [2.24, 2.45) is 5.92 Å². The standard InChI is InChI=1S/C15H23NO/c1-11-6-5-7-13(10-11)16-12(2)14-8-3-4-9-15(14)17/h3-4,8-9,11-13,16-17H,5-7,10H2,1-2H3. The quantitative estimate of drug-likeness (QED) is 0.835. The summed E-state index contributed by atoms with van der Waals surface area (Å²) < 4.78 is 0. The maximum Gasteiger partial charge on any atom is 0.120 e. The molecular formula is C15H23NO. The van der Waals surface area contributed by atoms with Gasteiger partial charge in [0.2, 0.25) is 0 Å². The number of phenols is 1. The van der Waals surface area contributed by atoms with E-state index >= 15 is 0 Å². The van der Waals surface area contributed by atoms with E-state index in [1.165, 1.54) is 25.7 Å². The molecule has 0 aliphatic heterocycles. The molecule has 2 heteroatoms. The van der Waals surface area contributed by atoms with Crippen LogP contribution in [0.4, 0.5) is 0 Å². The molecule has 0 aromatic heterocycles. The monoisotopic (exact) mass is 233 g/mol. The largest absolute Gasteiger partial charge is 0.508 e. The molecule has 1 fully saturated rings. The highest BCUT2D eigenvalue weighted by atomic mass is 16.3. The van der Waals surface area contributed by atoms with E-state index in [-0.39, 0.29) is 6.04 Å². The van der Waals surface area contributed by atoms with Gasteiger partial charge in [0.15, 0.2) is 0 Å². The number of para-hydroxylation sites is 1. The van der Waals surface area contributed by atoms with Gasteiger partial charge in [-0.15, -0.1) is 0 Å². The average molecular weight is 233 g/mol. The maximum atomic E-state index is 9.82. The summed E-state index contributed by atoms with van der Waals surface area (Å²) in [6.45, 7) is 4.47. The van der Waals surface area contributed by atoms with Gasteiger partial charge in [-0.2, -0.15) is 0 Å². The number of phenolic OH excluding ortho intramolecular Hbond substituents is 1. The zero-order chi connectivity index (χ0) is 12.3. The van der Waals surface area contributed by atoms with Gasteiger partial charge in [0.1, 0.15) is 5.75 Å². The summed E-state index contributed by atoms with van der Waals surface area (Å²) in [7, 11) is 0. The Labute approximate surface area is 104 Å². The van der Waals surface area contributed by atoms with Crippen LogP contribution in [0.2, 0.25) is 0 Å². The fourth-order valence-corrected chi connectivity index (χ4v) is 2.88. The predicted octanol–water partition coefficient (Wildman–Crippen LogP) is 3.62. The van der Waals surface area contributed by atoms with E-state index in [2.05, 4.69) is 19.2 Å². The molecule has 2 rings (SSSR count). The van der Waals surface area contributed by atoms with Gasteiger partial charge in [0, 0.05) is 17.6 Å². The van der Waals surface area contributed by atoms with Crippen molar-refractivity contribution >= 4 is 0 Å². The van der Waals surface area contributed by atoms with Gasteiger partial charge < -0.3 is 10.4 Å². The van der Waals surface area contributed by atoms with Gasteiger partial charge in [0.25, 0.3) is 0 Å². The number of hydrogen-bond donors (Lipinski definition) is 2. The Bertz CT molecular complexity index is 364. The number of rotatable bonds is 3. The van der Waals surface area contributed by atoms with Crippen LogP contribution in [0.5, 0.6) is 5.75 Å². The molecule has 2 nitrogen and oxygen atoms in total. The first kappa shape index (κ1) is 12.4. The molecular weight excluding hydrogens is 210 g/mol. The molecule has 0 saturated heterocycles. The van der Waals surface area contributed by atoms with Gasteiger partial charge in [-0.05, 0) is 31.7 Å². The highest BCUT2D eigenvalue weighted by Gasteiger charge is 2.21. The van der Waals surface area contributed by atoms with E-state index < -0.39 is 0 Å². The second kappa shape index (κ2) is 5.54. The SMILES string of the molecule is CC1CCCC(NC(C)c2ccccc2O)C1. The zero-order valence-corrected chi connectivity index (χ0v) is 10.8. The van der Waals surface area contributed by atoms with E-state index in [0.717, 1.165) is 11.5 Å². The van der Waals surface area contributed by atoms with Gasteiger partial charge in [-0.1, -0.05) is 38.0 Å². The second-order valence-corrected chi connectivity index (χ2v) is 5.42. The van der Waals surface area contributed by atoms with Crippen LogP contribution in [0, 0.1) is 5.92 Å². The van der Waals surface area contributed by atoms with E-state index in [1.54, 1.807) is 6.07 Å².